The number of urea groups is 1. The molecule has 1 saturated carbocycles. The number of rotatable bonds is 8. The number of esters is 1. The lowest BCUT2D eigenvalue weighted by Crippen LogP contribution is -2.43. The molecule has 154 valence electrons. The van der Waals surface area contributed by atoms with Gasteiger partial charge in [0.15, 0.2) is 11.3 Å². The molecule has 0 radical (unpaired) electrons. The van der Waals surface area contributed by atoms with E-state index >= 15 is 0 Å². The van der Waals surface area contributed by atoms with Crippen LogP contribution in [0.1, 0.15) is 37.1 Å². The molecule has 1 aliphatic carbocycles. The molecule has 10 heteroatoms. The van der Waals surface area contributed by atoms with Crippen molar-refractivity contribution in [3.8, 4) is 0 Å². The smallest absolute Gasteiger partial charge is 0.321 e. The molecule has 1 aliphatic rings. The maximum absolute atomic E-state index is 12.1. The Balaban J connectivity index is 1.59. The lowest BCUT2D eigenvalue weighted by molar-refractivity contribution is -0.151. The first kappa shape index (κ1) is 20.8. The highest BCUT2D eigenvalue weighted by molar-refractivity contribution is 7.99. The number of amides is 3. The van der Waals surface area contributed by atoms with Crippen LogP contribution >= 0.6 is 11.8 Å². The summed E-state index contributed by atoms with van der Waals surface area (Å²) in [6.45, 7) is 2.03. The van der Waals surface area contributed by atoms with Crippen molar-refractivity contribution in [3.63, 3.8) is 0 Å². The molecule has 1 fully saturated rings. The van der Waals surface area contributed by atoms with Crippen molar-refractivity contribution in [2.24, 2.45) is 0 Å². The van der Waals surface area contributed by atoms with Crippen LogP contribution in [0.15, 0.2) is 35.5 Å². The molecule has 2 aromatic rings. The monoisotopic (exact) mass is 417 g/mol. The minimum Gasteiger partial charge on any atom is -0.452 e. The molecule has 0 bridgehead atoms. The number of hydrogen-bond donors (Lipinski definition) is 2. The quantitative estimate of drug-likeness (QED) is 0.496. The van der Waals surface area contributed by atoms with Gasteiger partial charge in [-0.05, 0) is 25.3 Å². The van der Waals surface area contributed by atoms with Gasteiger partial charge in [-0.3, -0.25) is 14.9 Å². The van der Waals surface area contributed by atoms with Gasteiger partial charge in [0.1, 0.15) is 5.82 Å². The summed E-state index contributed by atoms with van der Waals surface area (Å²) in [6, 6.07) is 9.33. The van der Waals surface area contributed by atoms with Gasteiger partial charge in [0, 0.05) is 13.0 Å². The molecule has 0 unspecified atom stereocenters. The summed E-state index contributed by atoms with van der Waals surface area (Å²) >= 11 is 1.22. The average Bonchev–Trinajstić information content (AvgIpc) is 3.48. The molecule has 1 atom stereocenters. The normalized spacial score (nSPS) is 14.1. The highest BCUT2D eigenvalue weighted by Crippen LogP contribution is 2.40. The van der Waals surface area contributed by atoms with Crippen molar-refractivity contribution in [1.82, 2.24) is 25.4 Å². The fraction of sp³-hybridized carbons (Fsp3) is 0.421. The molecule has 9 nitrogen and oxygen atoms in total. The van der Waals surface area contributed by atoms with Gasteiger partial charge in [-0.25, -0.2) is 4.79 Å². The summed E-state index contributed by atoms with van der Waals surface area (Å²) in [5, 5.41) is 13.5. The Morgan fingerprint density at radius 3 is 2.62 bits per heavy atom. The number of nitrogens with one attached hydrogen (secondary N) is 2. The van der Waals surface area contributed by atoms with Gasteiger partial charge in [0.25, 0.3) is 5.91 Å². The van der Waals surface area contributed by atoms with Gasteiger partial charge < -0.3 is 14.6 Å². The summed E-state index contributed by atoms with van der Waals surface area (Å²) in [6.07, 6.45) is 1.11. The first-order valence-corrected chi connectivity index (χ1v) is 10.3. The predicted molar refractivity (Wildman–Crippen MR) is 106 cm³/mol. The van der Waals surface area contributed by atoms with Gasteiger partial charge in [-0.2, -0.15) is 0 Å². The molecule has 3 amide bonds. The maximum atomic E-state index is 12.1. The van der Waals surface area contributed by atoms with Crippen LogP contribution in [0.25, 0.3) is 0 Å². The zero-order valence-electron chi connectivity index (χ0n) is 16.3. The van der Waals surface area contributed by atoms with Crippen molar-refractivity contribution in [2.45, 2.75) is 43.5 Å². The summed E-state index contributed by atoms with van der Waals surface area (Å²) in [5.41, 5.74) is 1.12. The molecule has 2 N–H and O–H groups in total. The second-order valence-corrected chi connectivity index (χ2v) is 7.62. The molecule has 29 heavy (non-hydrogen) atoms. The van der Waals surface area contributed by atoms with E-state index in [1.165, 1.54) is 25.7 Å². The van der Waals surface area contributed by atoms with Crippen molar-refractivity contribution in [1.29, 1.82) is 0 Å². The topological polar surface area (TPSA) is 115 Å². The molecule has 1 aromatic carbocycles. The minimum absolute atomic E-state index is 0.0187. The van der Waals surface area contributed by atoms with E-state index in [1.807, 2.05) is 34.9 Å². The maximum Gasteiger partial charge on any atom is 0.321 e. The van der Waals surface area contributed by atoms with E-state index in [0.717, 1.165) is 24.2 Å². The number of carbonyl (C=O) groups excluding carboxylic acids is 3. The fourth-order valence-electron chi connectivity index (χ4n) is 2.65. The third kappa shape index (κ3) is 5.80. The Kier molecular flexibility index (Phi) is 6.86. The van der Waals surface area contributed by atoms with Crippen molar-refractivity contribution >= 4 is 29.7 Å². The van der Waals surface area contributed by atoms with E-state index in [-0.39, 0.29) is 5.75 Å². The first-order chi connectivity index (χ1) is 14.0. The number of hydrogen-bond acceptors (Lipinski definition) is 7. The lowest BCUT2D eigenvalue weighted by Gasteiger charge is -2.13. The molecule has 0 aliphatic heterocycles. The molecule has 1 aromatic heterocycles. The van der Waals surface area contributed by atoms with Crippen molar-refractivity contribution in [3.05, 3.63) is 41.7 Å². The van der Waals surface area contributed by atoms with E-state index in [1.54, 1.807) is 0 Å². The summed E-state index contributed by atoms with van der Waals surface area (Å²) < 4.78 is 7.13. The number of benzene rings is 1. The second kappa shape index (κ2) is 9.55. The zero-order chi connectivity index (χ0) is 20.8. The van der Waals surface area contributed by atoms with Gasteiger partial charge >= 0.3 is 12.0 Å². The number of thioether (sulfide) groups is 1. The number of imide groups is 1. The lowest BCUT2D eigenvalue weighted by atomic mass is 10.2. The van der Waals surface area contributed by atoms with Crippen LogP contribution in [0.4, 0.5) is 4.79 Å². The van der Waals surface area contributed by atoms with E-state index in [9.17, 15) is 14.4 Å². The van der Waals surface area contributed by atoms with Crippen LogP contribution in [0.5, 0.6) is 0 Å². The SMILES string of the molecule is CNC(=O)NC(=O)[C@@H](C)OC(=O)CSc1nnc(C2CC2)n1Cc1ccccc1. The Hall–Kier alpha value is -2.88. The first-order valence-electron chi connectivity index (χ1n) is 9.29. The summed E-state index contributed by atoms with van der Waals surface area (Å²) in [7, 11) is 1.39. The Morgan fingerprint density at radius 1 is 1.24 bits per heavy atom. The van der Waals surface area contributed by atoms with Gasteiger partial charge in [-0.1, -0.05) is 42.1 Å². The summed E-state index contributed by atoms with van der Waals surface area (Å²) in [5.74, 6) is 0.0709. The fourth-order valence-corrected chi connectivity index (χ4v) is 3.38. The largest absolute Gasteiger partial charge is 0.452 e. The predicted octanol–water partition coefficient (Wildman–Crippen LogP) is 1.68. The second-order valence-electron chi connectivity index (χ2n) is 6.68. The van der Waals surface area contributed by atoms with Gasteiger partial charge in [-0.15, -0.1) is 10.2 Å². The van der Waals surface area contributed by atoms with E-state index < -0.39 is 24.0 Å². The number of carbonyl (C=O) groups is 3. The third-order valence-corrected chi connectivity index (χ3v) is 5.27. The van der Waals surface area contributed by atoms with Crippen LogP contribution in [0.3, 0.4) is 0 Å². The van der Waals surface area contributed by atoms with Crippen LogP contribution in [-0.2, 0) is 20.9 Å². The highest BCUT2D eigenvalue weighted by Gasteiger charge is 2.30. The number of aromatic nitrogens is 3. The molecule has 1 heterocycles. The molecular weight excluding hydrogens is 394 g/mol. The highest BCUT2D eigenvalue weighted by atomic mass is 32.2. The molecule has 0 saturated heterocycles. The number of ether oxygens (including phenoxy) is 1. The number of nitrogens with zero attached hydrogens (tertiary/aromatic N) is 3. The van der Waals surface area contributed by atoms with E-state index in [0.29, 0.717) is 17.6 Å². The zero-order valence-corrected chi connectivity index (χ0v) is 17.1. The van der Waals surface area contributed by atoms with E-state index in [4.69, 9.17) is 4.74 Å². The van der Waals surface area contributed by atoms with Crippen LogP contribution in [0, 0.1) is 0 Å². The van der Waals surface area contributed by atoms with Crippen LogP contribution in [0.2, 0.25) is 0 Å². The van der Waals surface area contributed by atoms with Crippen LogP contribution < -0.4 is 10.6 Å². The summed E-state index contributed by atoms with van der Waals surface area (Å²) in [4.78, 5) is 35.1. The minimum atomic E-state index is -1.08. The molecule has 3 rings (SSSR count). The average molecular weight is 417 g/mol. The Bertz CT molecular complexity index is 882. The molecular formula is C19H23N5O4S. The Labute approximate surface area is 172 Å². The van der Waals surface area contributed by atoms with Gasteiger partial charge in [0.05, 0.1) is 12.3 Å². The van der Waals surface area contributed by atoms with Gasteiger partial charge in [0.2, 0.25) is 0 Å². The third-order valence-electron chi connectivity index (χ3n) is 4.33. The Morgan fingerprint density at radius 2 is 1.97 bits per heavy atom. The van der Waals surface area contributed by atoms with Crippen molar-refractivity contribution < 1.29 is 19.1 Å². The van der Waals surface area contributed by atoms with Crippen LogP contribution in [-0.4, -0.2) is 51.6 Å². The molecule has 0 spiro atoms. The standard InChI is InChI=1S/C19H23N5O4S/c1-12(17(26)21-18(27)20-2)28-15(25)11-29-19-23-22-16(14-8-9-14)24(19)10-13-6-4-3-5-7-13/h3-7,12,14H,8-11H2,1-2H3,(H2,20,21,26,27)/t12-/m1/s1. The van der Waals surface area contributed by atoms with E-state index in [2.05, 4.69) is 20.8 Å². The van der Waals surface area contributed by atoms with Crippen molar-refractivity contribution in [2.75, 3.05) is 12.8 Å².